The zero-order chi connectivity index (χ0) is 9.97. The molecule has 14 heavy (non-hydrogen) atoms. The summed E-state index contributed by atoms with van der Waals surface area (Å²) < 4.78 is 0. The number of carbonyl (C=O) groups excluding carboxylic acids is 1. The summed E-state index contributed by atoms with van der Waals surface area (Å²) in [5.74, 6) is -0.212. The van der Waals surface area contributed by atoms with Crippen LogP contribution in [-0.4, -0.2) is 10.9 Å². The Labute approximate surface area is 83.7 Å². The molecule has 0 aromatic carbocycles. The van der Waals surface area contributed by atoms with Crippen molar-refractivity contribution >= 4 is 5.91 Å². The van der Waals surface area contributed by atoms with Crippen molar-refractivity contribution in [2.24, 2.45) is 5.73 Å². The van der Waals surface area contributed by atoms with E-state index in [1.54, 1.807) is 0 Å². The summed E-state index contributed by atoms with van der Waals surface area (Å²) in [6.07, 6.45) is 8.17. The van der Waals surface area contributed by atoms with Crippen LogP contribution in [0.4, 0.5) is 0 Å². The largest absolute Gasteiger partial charge is 0.370 e. The molecule has 0 spiro atoms. The first-order valence-corrected chi connectivity index (χ1v) is 5.23. The summed E-state index contributed by atoms with van der Waals surface area (Å²) in [6.45, 7) is 0. The van der Waals surface area contributed by atoms with Crippen LogP contribution in [0.2, 0.25) is 0 Å². The predicted octanol–water partition coefficient (Wildman–Crippen LogP) is 1.31. The molecule has 1 aliphatic rings. The molecule has 0 radical (unpaired) electrons. The molecular formula is C11H16N2O. The van der Waals surface area contributed by atoms with Crippen molar-refractivity contribution in [2.75, 3.05) is 0 Å². The minimum absolute atomic E-state index is 0.212. The number of primary amides is 1. The van der Waals surface area contributed by atoms with E-state index >= 15 is 0 Å². The number of rotatable bonds is 3. The second-order valence-corrected chi connectivity index (χ2v) is 3.94. The maximum absolute atomic E-state index is 10.7. The fourth-order valence-electron chi connectivity index (χ4n) is 2.16. The van der Waals surface area contributed by atoms with E-state index in [9.17, 15) is 4.79 Å². The number of aromatic nitrogens is 1. The third-order valence-electron chi connectivity index (χ3n) is 2.92. The minimum atomic E-state index is -0.212. The van der Waals surface area contributed by atoms with E-state index in [1.807, 2.05) is 6.20 Å². The fourth-order valence-corrected chi connectivity index (χ4v) is 2.16. The average molecular weight is 192 g/mol. The second kappa shape index (κ2) is 3.86. The zero-order valence-electron chi connectivity index (χ0n) is 8.31. The highest BCUT2D eigenvalue weighted by Crippen LogP contribution is 2.24. The molecule has 3 nitrogen and oxygen atoms in total. The zero-order valence-corrected chi connectivity index (χ0v) is 8.31. The van der Waals surface area contributed by atoms with Gasteiger partial charge in [0, 0.05) is 18.3 Å². The number of fused-ring (bicyclic) bond motifs is 1. The number of aryl methyl sites for hydroxylation is 2. The van der Waals surface area contributed by atoms with Gasteiger partial charge in [0.25, 0.3) is 0 Å². The molecule has 3 N–H and O–H groups in total. The molecule has 0 saturated heterocycles. The van der Waals surface area contributed by atoms with Crippen LogP contribution < -0.4 is 5.73 Å². The Morgan fingerprint density at radius 3 is 3.00 bits per heavy atom. The Balaban J connectivity index is 2.10. The van der Waals surface area contributed by atoms with Crippen molar-refractivity contribution in [3.63, 3.8) is 0 Å². The number of hydrogen-bond donors (Lipinski definition) is 2. The van der Waals surface area contributed by atoms with Gasteiger partial charge in [0.05, 0.1) is 0 Å². The Hall–Kier alpha value is -1.25. The lowest BCUT2D eigenvalue weighted by Gasteiger charge is -2.12. The fraction of sp³-hybridized carbons (Fsp3) is 0.545. The van der Waals surface area contributed by atoms with E-state index in [0.717, 1.165) is 19.3 Å². The van der Waals surface area contributed by atoms with Gasteiger partial charge in [-0.05, 0) is 43.2 Å². The normalized spacial score (nSPS) is 15.1. The number of aromatic amines is 1. The van der Waals surface area contributed by atoms with Gasteiger partial charge in [-0.1, -0.05) is 0 Å². The Morgan fingerprint density at radius 2 is 2.21 bits per heavy atom. The summed E-state index contributed by atoms with van der Waals surface area (Å²) in [5, 5.41) is 0. The molecule has 2 rings (SSSR count). The number of H-pyrrole nitrogens is 1. The van der Waals surface area contributed by atoms with Gasteiger partial charge in [0.15, 0.2) is 0 Å². The highest BCUT2D eigenvalue weighted by molar-refractivity contribution is 5.74. The quantitative estimate of drug-likeness (QED) is 0.745. The number of hydrogen-bond acceptors (Lipinski definition) is 1. The molecule has 3 heteroatoms. The highest BCUT2D eigenvalue weighted by atomic mass is 16.1. The lowest BCUT2D eigenvalue weighted by Crippen LogP contribution is -2.12. The van der Waals surface area contributed by atoms with E-state index in [4.69, 9.17) is 5.73 Å². The number of nitrogens with two attached hydrogens (primary N) is 1. The van der Waals surface area contributed by atoms with Gasteiger partial charge in [0.1, 0.15) is 0 Å². The van der Waals surface area contributed by atoms with Gasteiger partial charge in [0.2, 0.25) is 5.91 Å². The summed E-state index contributed by atoms with van der Waals surface area (Å²) in [5.41, 5.74) is 9.24. The molecule has 0 fully saturated rings. The van der Waals surface area contributed by atoms with Gasteiger partial charge in [-0.25, -0.2) is 0 Å². The number of amides is 1. The molecule has 0 unspecified atom stereocenters. The van der Waals surface area contributed by atoms with Gasteiger partial charge in [-0.2, -0.15) is 0 Å². The standard InChI is InChI=1S/C11H16N2O/c12-11(14)6-5-8-7-13-10-4-2-1-3-9(8)10/h7,13H,1-6H2,(H2,12,14). The topological polar surface area (TPSA) is 58.9 Å². The van der Waals surface area contributed by atoms with E-state index in [1.165, 1.54) is 29.7 Å². The lowest BCUT2D eigenvalue weighted by molar-refractivity contribution is -0.117. The molecular weight excluding hydrogens is 176 g/mol. The van der Waals surface area contributed by atoms with Crippen LogP contribution in [0.3, 0.4) is 0 Å². The SMILES string of the molecule is NC(=O)CCc1c[nH]c2c1CCCC2. The Kier molecular flexibility index (Phi) is 2.57. The molecule has 0 aliphatic heterocycles. The minimum Gasteiger partial charge on any atom is -0.370 e. The van der Waals surface area contributed by atoms with E-state index in [0.29, 0.717) is 6.42 Å². The molecule has 0 atom stereocenters. The Morgan fingerprint density at radius 1 is 1.43 bits per heavy atom. The monoisotopic (exact) mass is 192 g/mol. The maximum Gasteiger partial charge on any atom is 0.217 e. The summed E-state index contributed by atoms with van der Waals surface area (Å²) in [6, 6.07) is 0. The molecule has 1 aromatic rings. The van der Waals surface area contributed by atoms with Crippen molar-refractivity contribution < 1.29 is 4.79 Å². The molecule has 1 amide bonds. The van der Waals surface area contributed by atoms with Crippen LogP contribution in [0, 0.1) is 0 Å². The Bertz CT molecular complexity index is 341. The van der Waals surface area contributed by atoms with Crippen LogP contribution in [0.25, 0.3) is 0 Å². The molecule has 0 bridgehead atoms. The third-order valence-corrected chi connectivity index (χ3v) is 2.92. The predicted molar refractivity (Wildman–Crippen MR) is 55.0 cm³/mol. The number of nitrogens with one attached hydrogen (secondary N) is 1. The van der Waals surface area contributed by atoms with Crippen molar-refractivity contribution in [2.45, 2.75) is 38.5 Å². The van der Waals surface area contributed by atoms with Gasteiger partial charge in [-0.15, -0.1) is 0 Å². The first kappa shape index (κ1) is 9.31. The molecule has 0 saturated carbocycles. The van der Waals surface area contributed by atoms with Crippen molar-refractivity contribution in [1.29, 1.82) is 0 Å². The van der Waals surface area contributed by atoms with Crippen molar-refractivity contribution in [3.8, 4) is 0 Å². The lowest BCUT2D eigenvalue weighted by atomic mass is 9.93. The van der Waals surface area contributed by atoms with Crippen molar-refractivity contribution in [3.05, 3.63) is 23.0 Å². The summed E-state index contributed by atoms with van der Waals surface area (Å²) in [4.78, 5) is 14.0. The van der Waals surface area contributed by atoms with E-state index < -0.39 is 0 Å². The average Bonchev–Trinajstić information content (AvgIpc) is 2.58. The van der Waals surface area contributed by atoms with Gasteiger partial charge < -0.3 is 10.7 Å². The van der Waals surface area contributed by atoms with Gasteiger partial charge >= 0.3 is 0 Å². The van der Waals surface area contributed by atoms with Crippen LogP contribution in [-0.2, 0) is 24.1 Å². The first-order chi connectivity index (χ1) is 6.77. The van der Waals surface area contributed by atoms with Crippen LogP contribution >= 0.6 is 0 Å². The second-order valence-electron chi connectivity index (χ2n) is 3.94. The molecule has 1 aromatic heterocycles. The van der Waals surface area contributed by atoms with Crippen LogP contribution in [0.15, 0.2) is 6.20 Å². The maximum atomic E-state index is 10.7. The summed E-state index contributed by atoms with van der Waals surface area (Å²) >= 11 is 0. The van der Waals surface area contributed by atoms with Crippen LogP contribution in [0.5, 0.6) is 0 Å². The molecule has 1 heterocycles. The highest BCUT2D eigenvalue weighted by Gasteiger charge is 2.14. The summed E-state index contributed by atoms with van der Waals surface area (Å²) in [7, 11) is 0. The first-order valence-electron chi connectivity index (χ1n) is 5.23. The van der Waals surface area contributed by atoms with E-state index in [-0.39, 0.29) is 5.91 Å². The van der Waals surface area contributed by atoms with Crippen LogP contribution in [0.1, 0.15) is 36.1 Å². The molecule has 76 valence electrons. The smallest absolute Gasteiger partial charge is 0.217 e. The van der Waals surface area contributed by atoms with Crippen molar-refractivity contribution in [1.82, 2.24) is 4.98 Å². The van der Waals surface area contributed by atoms with Gasteiger partial charge in [-0.3, -0.25) is 4.79 Å². The third kappa shape index (κ3) is 1.81. The molecule has 1 aliphatic carbocycles. The van der Waals surface area contributed by atoms with E-state index in [2.05, 4.69) is 4.98 Å². The number of carbonyl (C=O) groups is 1.